The summed E-state index contributed by atoms with van der Waals surface area (Å²) in [5.41, 5.74) is 4.14. The normalized spacial score (nSPS) is 11.1. The summed E-state index contributed by atoms with van der Waals surface area (Å²) in [6.07, 6.45) is 4.63. The summed E-state index contributed by atoms with van der Waals surface area (Å²) in [5, 5.41) is 4.62. The van der Waals surface area contributed by atoms with Gasteiger partial charge in [-0.2, -0.15) is 0 Å². The molecule has 0 aliphatic rings. The maximum Gasteiger partial charge on any atom is 0.0486 e. The predicted octanol–water partition coefficient (Wildman–Crippen LogP) is 3.84. The molecule has 0 aliphatic carbocycles. The van der Waals surface area contributed by atoms with E-state index in [9.17, 15) is 0 Å². The van der Waals surface area contributed by atoms with Gasteiger partial charge in [0.1, 0.15) is 0 Å². The third-order valence-electron chi connectivity index (χ3n) is 3.94. The number of benzene rings is 2. The Balaban J connectivity index is 1.91. The van der Waals surface area contributed by atoms with Gasteiger partial charge >= 0.3 is 0 Å². The highest BCUT2D eigenvalue weighted by Crippen LogP contribution is 2.23. The zero-order valence-corrected chi connectivity index (χ0v) is 12.5. The lowest BCUT2D eigenvalue weighted by molar-refractivity contribution is 0.723. The second-order valence-corrected chi connectivity index (χ2v) is 5.49. The molecule has 1 aromatic heterocycles. The van der Waals surface area contributed by atoms with Gasteiger partial charge in [0.15, 0.2) is 0 Å². The van der Waals surface area contributed by atoms with Crippen LogP contribution in [-0.4, -0.2) is 18.2 Å². The lowest BCUT2D eigenvalue weighted by Gasteiger charge is -2.05. The summed E-state index contributed by atoms with van der Waals surface area (Å²) in [5.74, 6) is 0. The maximum absolute atomic E-state index is 3.23. The van der Waals surface area contributed by atoms with Gasteiger partial charge in [0.2, 0.25) is 0 Å². The zero-order chi connectivity index (χ0) is 14.5. The van der Waals surface area contributed by atoms with Crippen molar-refractivity contribution in [2.75, 3.05) is 13.6 Å². The Kier molecular flexibility index (Phi) is 4.37. The van der Waals surface area contributed by atoms with Crippen LogP contribution in [-0.2, 0) is 13.0 Å². The molecule has 0 bridgehead atoms. The highest BCUT2D eigenvalue weighted by atomic mass is 15.0. The van der Waals surface area contributed by atoms with Gasteiger partial charge in [-0.25, -0.2) is 0 Å². The average molecular weight is 278 g/mol. The van der Waals surface area contributed by atoms with Gasteiger partial charge in [-0.05, 0) is 43.6 Å². The molecule has 1 N–H and O–H groups in total. The molecule has 2 aromatic carbocycles. The molecule has 0 fully saturated rings. The average Bonchev–Trinajstić information content (AvgIpc) is 2.87. The number of para-hydroxylation sites is 1. The third-order valence-corrected chi connectivity index (χ3v) is 3.94. The van der Waals surface area contributed by atoms with Crippen molar-refractivity contribution in [2.24, 2.45) is 0 Å². The minimum absolute atomic E-state index is 0.938. The number of fused-ring (bicyclic) bond motifs is 1. The van der Waals surface area contributed by atoms with Crippen LogP contribution in [0, 0.1) is 0 Å². The van der Waals surface area contributed by atoms with Crippen molar-refractivity contribution in [1.82, 2.24) is 9.88 Å². The van der Waals surface area contributed by atoms with Crippen molar-refractivity contribution >= 4 is 10.9 Å². The molecule has 0 aliphatic heterocycles. The minimum atomic E-state index is 0.938. The maximum atomic E-state index is 3.23. The van der Waals surface area contributed by atoms with Crippen molar-refractivity contribution < 1.29 is 0 Å². The van der Waals surface area contributed by atoms with Crippen LogP contribution >= 0.6 is 0 Å². The standard InChI is InChI=1S/C19H22N2/c1-20-13-7-10-17-15-21(14-16-8-3-2-4-9-16)19-12-6-5-11-18(17)19/h2-6,8-9,11-12,15,20H,7,10,13-14H2,1H3. The van der Waals surface area contributed by atoms with E-state index in [1.54, 1.807) is 0 Å². The molecule has 0 saturated heterocycles. The molecule has 2 heteroatoms. The second kappa shape index (κ2) is 6.59. The van der Waals surface area contributed by atoms with Gasteiger partial charge in [0, 0.05) is 23.6 Å². The number of aromatic nitrogens is 1. The second-order valence-electron chi connectivity index (χ2n) is 5.49. The minimum Gasteiger partial charge on any atom is -0.343 e. The Labute approximate surface area is 126 Å². The Morgan fingerprint density at radius 3 is 2.52 bits per heavy atom. The first-order valence-corrected chi connectivity index (χ1v) is 7.64. The number of rotatable bonds is 6. The smallest absolute Gasteiger partial charge is 0.0486 e. The molecule has 0 unspecified atom stereocenters. The third kappa shape index (κ3) is 3.17. The van der Waals surface area contributed by atoms with Crippen LogP contribution in [0.15, 0.2) is 60.8 Å². The number of nitrogens with one attached hydrogen (secondary N) is 1. The van der Waals surface area contributed by atoms with Crippen LogP contribution in [0.2, 0.25) is 0 Å². The van der Waals surface area contributed by atoms with Crippen molar-refractivity contribution in [1.29, 1.82) is 0 Å². The molecule has 108 valence electrons. The fourth-order valence-electron chi connectivity index (χ4n) is 2.89. The summed E-state index contributed by atoms with van der Waals surface area (Å²) >= 11 is 0. The van der Waals surface area contributed by atoms with E-state index in [0.717, 1.165) is 19.5 Å². The first-order valence-electron chi connectivity index (χ1n) is 7.64. The lowest BCUT2D eigenvalue weighted by atomic mass is 10.1. The lowest BCUT2D eigenvalue weighted by Crippen LogP contribution is -2.08. The monoisotopic (exact) mass is 278 g/mol. The number of nitrogens with zero attached hydrogens (tertiary/aromatic N) is 1. The molecular weight excluding hydrogens is 256 g/mol. The topological polar surface area (TPSA) is 17.0 Å². The van der Waals surface area contributed by atoms with Crippen LogP contribution in [0.4, 0.5) is 0 Å². The van der Waals surface area contributed by atoms with Gasteiger partial charge in [0.05, 0.1) is 0 Å². The summed E-state index contributed by atoms with van der Waals surface area (Å²) in [6, 6.07) is 19.4. The van der Waals surface area contributed by atoms with Crippen LogP contribution < -0.4 is 5.32 Å². The van der Waals surface area contributed by atoms with E-state index in [1.807, 2.05) is 7.05 Å². The van der Waals surface area contributed by atoms with Gasteiger partial charge in [0.25, 0.3) is 0 Å². The highest BCUT2D eigenvalue weighted by molar-refractivity contribution is 5.84. The largest absolute Gasteiger partial charge is 0.343 e. The van der Waals surface area contributed by atoms with E-state index in [0.29, 0.717) is 0 Å². The van der Waals surface area contributed by atoms with E-state index >= 15 is 0 Å². The molecule has 0 saturated carbocycles. The zero-order valence-electron chi connectivity index (χ0n) is 12.5. The van der Waals surface area contributed by atoms with E-state index < -0.39 is 0 Å². The summed E-state index contributed by atoms with van der Waals surface area (Å²) < 4.78 is 2.37. The van der Waals surface area contributed by atoms with Crippen molar-refractivity contribution in [3.63, 3.8) is 0 Å². The molecule has 1 heterocycles. The fraction of sp³-hybridized carbons (Fsp3) is 0.263. The van der Waals surface area contributed by atoms with Gasteiger partial charge < -0.3 is 9.88 Å². The molecule has 0 amide bonds. The quantitative estimate of drug-likeness (QED) is 0.678. The van der Waals surface area contributed by atoms with E-state index in [4.69, 9.17) is 0 Å². The molecule has 2 nitrogen and oxygen atoms in total. The molecule has 0 spiro atoms. The number of aryl methyl sites for hydroxylation is 1. The van der Waals surface area contributed by atoms with Crippen molar-refractivity contribution in [3.8, 4) is 0 Å². The van der Waals surface area contributed by atoms with Crippen LogP contribution in [0.1, 0.15) is 17.5 Å². The number of hydrogen-bond donors (Lipinski definition) is 1. The highest BCUT2D eigenvalue weighted by Gasteiger charge is 2.08. The number of hydrogen-bond acceptors (Lipinski definition) is 1. The molecule has 3 rings (SSSR count). The SMILES string of the molecule is CNCCCc1cn(Cc2ccccc2)c2ccccc12. The van der Waals surface area contributed by atoms with Crippen LogP contribution in [0.5, 0.6) is 0 Å². The van der Waals surface area contributed by atoms with Crippen molar-refractivity contribution in [2.45, 2.75) is 19.4 Å². The Morgan fingerprint density at radius 1 is 0.952 bits per heavy atom. The molecule has 3 aromatic rings. The summed E-state index contributed by atoms with van der Waals surface area (Å²) in [4.78, 5) is 0. The molecule has 0 radical (unpaired) electrons. The van der Waals surface area contributed by atoms with Crippen LogP contribution in [0.25, 0.3) is 10.9 Å². The van der Waals surface area contributed by atoms with Gasteiger partial charge in [-0.3, -0.25) is 0 Å². The Morgan fingerprint density at radius 2 is 1.71 bits per heavy atom. The molecule has 21 heavy (non-hydrogen) atoms. The van der Waals surface area contributed by atoms with E-state index in [-0.39, 0.29) is 0 Å². The van der Waals surface area contributed by atoms with Crippen molar-refractivity contribution in [3.05, 3.63) is 71.9 Å². The Bertz CT molecular complexity index is 698. The molecule has 0 atom stereocenters. The first-order chi connectivity index (χ1) is 10.4. The summed E-state index contributed by atoms with van der Waals surface area (Å²) in [6.45, 7) is 2.01. The summed E-state index contributed by atoms with van der Waals surface area (Å²) in [7, 11) is 2.01. The first kappa shape index (κ1) is 13.9. The molecular formula is C19H22N2. The Hall–Kier alpha value is -2.06. The van der Waals surface area contributed by atoms with Gasteiger partial charge in [-0.1, -0.05) is 48.5 Å². The van der Waals surface area contributed by atoms with E-state index in [1.165, 1.54) is 28.5 Å². The van der Waals surface area contributed by atoms with Gasteiger partial charge in [-0.15, -0.1) is 0 Å². The fourth-order valence-corrected chi connectivity index (χ4v) is 2.89. The van der Waals surface area contributed by atoms with E-state index in [2.05, 4.69) is 70.7 Å². The van der Waals surface area contributed by atoms with Crippen LogP contribution in [0.3, 0.4) is 0 Å². The predicted molar refractivity (Wildman–Crippen MR) is 89.7 cm³/mol.